The molecule has 2 aromatic carbocycles. The van der Waals surface area contributed by atoms with Gasteiger partial charge in [-0.2, -0.15) is 0 Å². The minimum Gasteiger partial charge on any atom is -0.508 e. The van der Waals surface area contributed by atoms with Crippen LogP contribution < -0.4 is 0 Å². The summed E-state index contributed by atoms with van der Waals surface area (Å²) in [5, 5.41) is 20.2. The number of carbonyl (C=O) groups is 2. The predicted octanol–water partition coefficient (Wildman–Crippen LogP) is 3.71. The molecular formula is C24H27NO5. The van der Waals surface area contributed by atoms with E-state index in [1.54, 1.807) is 12.1 Å². The Balaban J connectivity index is 1.86. The first kappa shape index (κ1) is 21.6. The van der Waals surface area contributed by atoms with E-state index in [1.165, 1.54) is 17.0 Å². The summed E-state index contributed by atoms with van der Waals surface area (Å²) < 4.78 is 5.57. The number of phenols is 1. The van der Waals surface area contributed by atoms with Crippen LogP contribution in [0, 0.1) is 0 Å². The maximum Gasteiger partial charge on any atom is 0.290 e. The van der Waals surface area contributed by atoms with E-state index in [4.69, 9.17) is 4.74 Å². The molecule has 0 fully saturated rings. The molecule has 30 heavy (non-hydrogen) atoms. The van der Waals surface area contributed by atoms with Crippen molar-refractivity contribution in [2.24, 2.45) is 0 Å². The molecule has 3 rings (SSSR count). The average Bonchev–Trinajstić information content (AvgIpc) is 2.98. The molecule has 6 heteroatoms. The molecule has 0 saturated carbocycles. The standard InChI is InChI=1S/C24H27NO5/c1-16(2)30-15-14-25-22(18-9-11-19(26)12-10-18)21(23(28)24(25)29)20(27)13-8-17-6-4-3-5-7-17/h3-7,9-12,16,22,26,28H,8,13-15H2,1-2H3. The fraction of sp³-hybridized carbons (Fsp3) is 0.333. The van der Waals surface area contributed by atoms with Gasteiger partial charge in [0.2, 0.25) is 0 Å². The maximum atomic E-state index is 13.1. The smallest absolute Gasteiger partial charge is 0.290 e. The highest BCUT2D eigenvalue weighted by Gasteiger charge is 2.42. The summed E-state index contributed by atoms with van der Waals surface area (Å²) in [6, 6.07) is 15.2. The molecule has 0 saturated heterocycles. The number of aromatic hydroxyl groups is 1. The van der Waals surface area contributed by atoms with Crippen LogP contribution in [-0.2, 0) is 20.7 Å². The van der Waals surface area contributed by atoms with Crippen molar-refractivity contribution >= 4 is 11.7 Å². The number of aliphatic hydroxyl groups excluding tert-OH is 1. The fourth-order valence-electron chi connectivity index (χ4n) is 3.60. The highest BCUT2D eigenvalue weighted by molar-refractivity contribution is 6.09. The molecule has 1 heterocycles. The molecule has 0 aliphatic carbocycles. The van der Waals surface area contributed by atoms with E-state index in [2.05, 4.69) is 0 Å². The summed E-state index contributed by atoms with van der Waals surface area (Å²) >= 11 is 0. The van der Waals surface area contributed by atoms with Gasteiger partial charge in [-0.3, -0.25) is 9.59 Å². The van der Waals surface area contributed by atoms with Gasteiger partial charge in [0.25, 0.3) is 5.91 Å². The fourth-order valence-corrected chi connectivity index (χ4v) is 3.60. The Morgan fingerprint density at radius 2 is 1.73 bits per heavy atom. The van der Waals surface area contributed by atoms with Gasteiger partial charge in [0, 0.05) is 13.0 Å². The number of benzene rings is 2. The number of amides is 1. The largest absolute Gasteiger partial charge is 0.508 e. The van der Waals surface area contributed by atoms with Crippen LogP contribution in [0.3, 0.4) is 0 Å². The van der Waals surface area contributed by atoms with Crippen LogP contribution >= 0.6 is 0 Å². The topological polar surface area (TPSA) is 87.1 Å². The first-order valence-electron chi connectivity index (χ1n) is 10.1. The number of phenolic OH excluding ortho intramolecular Hbond substituents is 1. The lowest BCUT2D eigenvalue weighted by Gasteiger charge is -2.27. The number of ether oxygens (including phenoxy) is 1. The average molecular weight is 409 g/mol. The lowest BCUT2D eigenvalue weighted by molar-refractivity contribution is -0.130. The second kappa shape index (κ2) is 9.59. The Morgan fingerprint density at radius 1 is 1.07 bits per heavy atom. The number of ketones is 1. The number of rotatable bonds is 9. The molecule has 0 radical (unpaired) electrons. The highest BCUT2D eigenvalue weighted by Crippen LogP contribution is 2.38. The lowest BCUT2D eigenvalue weighted by atomic mass is 9.93. The normalized spacial score (nSPS) is 16.6. The summed E-state index contributed by atoms with van der Waals surface area (Å²) in [5.41, 5.74) is 1.77. The molecule has 1 amide bonds. The van der Waals surface area contributed by atoms with Crippen molar-refractivity contribution in [2.75, 3.05) is 13.2 Å². The number of carbonyl (C=O) groups excluding carboxylic acids is 2. The second-order valence-electron chi connectivity index (χ2n) is 7.58. The number of nitrogens with zero attached hydrogens (tertiary/aromatic N) is 1. The number of aliphatic hydroxyl groups is 1. The SMILES string of the molecule is CC(C)OCCN1C(=O)C(O)=C(C(=O)CCc2ccccc2)C1c1ccc(O)cc1. The van der Waals surface area contributed by atoms with Crippen LogP contribution in [0.2, 0.25) is 0 Å². The van der Waals surface area contributed by atoms with Gasteiger partial charge in [0.15, 0.2) is 11.5 Å². The highest BCUT2D eigenvalue weighted by atomic mass is 16.5. The molecule has 158 valence electrons. The van der Waals surface area contributed by atoms with E-state index in [1.807, 2.05) is 44.2 Å². The molecule has 0 bridgehead atoms. The minimum absolute atomic E-state index is 0.00311. The maximum absolute atomic E-state index is 13.1. The molecule has 1 aliphatic heterocycles. The van der Waals surface area contributed by atoms with Gasteiger partial charge in [-0.1, -0.05) is 42.5 Å². The van der Waals surface area contributed by atoms with Gasteiger partial charge in [0.1, 0.15) is 5.75 Å². The van der Waals surface area contributed by atoms with E-state index in [0.717, 1.165) is 5.56 Å². The van der Waals surface area contributed by atoms with E-state index < -0.39 is 17.7 Å². The zero-order valence-corrected chi connectivity index (χ0v) is 17.2. The third kappa shape index (κ3) is 4.89. The Morgan fingerprint density at radius 3 is 2.37 bits per heavy atom. The summed E-state index contributed by atoms with van der Waals surface area (Å²) in [5.74, 6) is -1.27. The van der Waals surface area contributed by atoms with Crippen molar-refractivity contribution in [2.45, 2.75) is 38.8 Å². The second-order valence-corrected chi connectivity index (χ2v) is 7.58. The Labute approximate surface area is 176 Å². The van der Waals surface area contributed by atoms with Crippen molar-refractivity contribution in [3.8, 4) is 5.75 Å². The van der Waals surface area contributed by atoms with Crippen molar-refractivity contribution in [1.82, 2.24) is 4.90 Å². The molecule has 2 N–H and O–H groups in total. The molecular weight excluding hydrogens is 382 g/mol. The van der Waals surface area contributed by atoms with E-state index >= 15 is 0 Å². The molecule has 2 aromatic rings. The van der Waals surface area contributed by atoms with Gasteiger partial charge in [-0.05, 0) is 43.5 Å². The van der Waals surface area contributed by atoms with E-state index in [0.29, 0.717) is 12.0 Å². The number of aryl methyl sites for hydroxylation is 1. The zero-order chi connectivity index (χ0) is 21.7. The molecule has 6 nitrogen and oxygen atoms in total. The van der Waals surface area contributed by atoms with E-state index in [-0.39, 0.29) is 42.8 Å². The number of hydrogen-bond donors (Lipinski definition) is 2. The minimum atomic E-state index is -0.711. The van der Waals surface area contributed by atoms with Crippen molar-refractivity contribution in [3.63, 3.8) is 0 Å². The van der Waals surface area contributed by atoms with Gasteiger partial charge < -0.3 is 19.8 Å². The van der Waals surface area contributed by atoms with E-state index in [9.17, 15) is 19.8 Å². The van der Waals surface area contributed by atoms with Crippen LogP contribution in [0.1, 0.15) is 37.4 Å². The van der Waals surface area contributed by atoms with Crippen LogP contribution in [-0.4, -0.2) is 46.1 Å². The van der Waals surface area contributed by atoms with Crippen LogP contribution in [0.4, 0.5) is 0 Å². The summed E-state index contributed by atoms with van der Waals surface area (Å²) in [6.45, 7) is 4.33. The number of hydrogen-bond acceptors (Lipinski definition) is 5. The van der Waals surface area contributed by atoms with Gasteiger partial charge >= 0.3 is 0 Å². The summed E-state index contributed by atoms with van der Waals surface area (Å²) in [7, 11) is 0. The lowest BCUT2D eigenvalue weighted by Crippen LogP contribution is -2.34. The Bertz CT molecular complexity index is 918. The molecule has 1 aliphatic rings. The quantitative estimate of drug-likeness (QED) is 0.659. The van der Waals surface area contributed by atoms with Crippen LogP contribution in [0.5, 0.6) is 5.75 Å². The Hall–Kier alpha value is -3.12. The number of Topliss-reactive ketones (excluding diaryl/α,β-unsaturated/α-hetero) is 1. The third-order valence-electron chi connectivity index (χ3n) is 5.08. The van der Waals surface area contributed by atoms with Gasteiger partial charge in [-0.15, -0.1) is 0 Å². The molecule has 0 aromatic heterocycles. The van der Waals surface area contributed by atoms with Crippen molar-refractivity contribution in [1.29, 1.82) is 0 Å². The zero-order valence-electron chi connectivity index (χ0n) is 17.2. The van der Waals surface area contributed by atoms with Crippen LogP contribution in [0.15, 0.2) is 65.9 Å². The molecule has 1 atom stereocenters. The molecule has 0 spiro atoms. The monoisotopic (exact) mass is 409 g/mol. The first-order valence-corrected chi connectivity index (χ1v) is 10.1. The molecule has 1 unspecified atom stereocenters. The predicted molar refractivity (Wildman–Crippen MR) is 113 cm³/mol. The first-order chi connectivity index (χ1) is 14.4. The van der Waals surface area contributed by atoms with Crippen molar-refractivity contribution < 1.29 is 24.5 Å². The van der Waals surface area contributed by atoms with Crippen molar-refractivity contribution in [3.05, 3.63) is 77.1 Å². The van der Waals surface area contributed by atoms with Gasteiger partial charge in [0.05, 0.1) is 24.3 Å². The van der Waals surface area contributed by atoms with Crippen LogP contribution in [0.25, 0.3) is 0 Å². The third-order valence-corrected chi connectivity index (χ3v) is 5.08. The van der Waals surface area contributed by atoms with Gasteiger partial charge in [-0.25, -0.2) is 0 Å². The summed E-state index contributed by atoms with van der Waals surface area (Å²) in [6.07, 6.45) is 0.703. The summed E-state index contributed by atoms with van der Waals surface area (Å²) in [4.78, 5) is 27.3. The Kier molecular flexibility index (Phi) is 6.90.